The highest BCUT2D eigenvalue weighted by atomic mass is 16.2. The first-order valence-electron chi connectivity index (χ1n) is 5.79. The number of nitrogens with zero attached hydrogens (tertiary/aromatic N) is 1. The van der Waals surface area contributed by atoms with Crippen molar-refractivity contribution in [3.8, 4) is 0 Å². The molecule has 0 radical (unpaired) electrons. The van der Waals surface area contributed by atoms with E-state index in [2.05, 4.69) is 5.10 Å². The number of hydrogen-bond acceptors (Lipinski definition) is 3. The van der Waals surface area contributed by atoms with E-state index in [1.807, 2.05) is 13.8 Å². The van der Waals surface area contributed by atoms with Crippen molar-refractivity contribution in [1.29, 1.82) is 0 Å². The summed E-state index contributed by atoms with van der Waals surface area (Å²) in [5, 5.41) is 2.59. The van der Waals surface area contributed by atoms with Gasteiger partial charge in [0.25, 0.3) is 11.1 Å². The molecule has 0 saturated carbocycles. The number of hydrogen-bond donors (Lipinski definition) is 2. The van der Waals surface area contributed by atoms with Crippen LogP contribution in [-0.2, 0) is 6.54 Å². The molecule has 0 atom stereocenters. The topological polar surface area (TPSA) is 80.9 Å². The number of H-pyrrole nitrogens is 1. The normalized spacial score (nSPS) is 11.8. The van der Waals surface area contributed by atoms with E-state index in [-0.39, 0.29) is 16.5 Å². The second-order valence-electron chi connectivity index (χ2n) is 5.27. The Morgan fingerprint density at radius 1 is 1.24 bits per heavy atom. The van der Waals surface area contributed by atoms with Crippen LogP contribution in [0.15, 0.2) is 9.59 Å². The average molecular weight is 239 g/mol. The number of rotatable bonds is 4. The lowest BCUT2D eigenvalue weighted by Gasteiger charge is -2.22. The van der Waals surface area contributed by atoms with Gasteiger partial charge in [0, 0.05) is 17.7 Å². The van der Waals surface area contributed by atoms with Gasteiger partial charge in [-0.2, -0.15) is 0 Å². The molecule has 0 amide bonds. The molecule has 3 N–H and O–H groups in total. The maximum atomic E-state index is 11.9. The molecule has 17 heavy (non-hydrogen) atoms. The zero-order valence-electron chi connectivity index (χ0n) is 11.0. The molecule has 1 rings (SSSR count). The maximum Gasteiger partial charge on any atom is 0.268 e. The Kier molecular flexibility index (Phi) is 3.93. The van der Waals surface area contributed by atoms with Crippen LogP contribution in [0, 0.1) is 19.3 Å². The van der Waals surface area contributed by atoms with Crippen molar-refractivity contribution in [1.82, 2.24) is 9.78 Å². The molecule has 0 aliphatic rings. The molecule has 1 aromatic heterocycles. The molecule has 0 aliphatic heterocycles. The van der Waals surface area contributed by atoms with Gasteiger partial charge in [-0.05, 0) is 32.2 Å². The SMILES string of the molecule is Cc1c(C)c(=O)n(CCC(C)(C)CN)[nH]c1=O. The zero-order chi connectivity index (χ0) is 13.2. The Labute approximate surface area is 101 Å². The van der Waals surface area contributed by atoms with Gasteiger partial charge < -0.3 is 5.73 Å². The monoisotopic (exact) mass is 239 g/mol. The van der Waals surface area contributed by atoms with Gasteiger partial charge in [-0.15, -0.1) is 0 Å². The first kappa shape index (κ1) is 13.7. The summed E-state index contributed by atoms with van der Waals surface area (Å²) in [5.74, 6) is 0. The maximum absolute atomic E-state index is 11.9. The van der Waals surface area contributed by atoms with E-state index in [9.17, 15) is 9.59 Å². The Bertz CT molecular complexity index is 511. The van der Waals surface area contributed by atoms with Crippen LogP contribution in [0.25, 0.3) is 0 Å². The summed E-state index contributed by atoms with van der Waals surface area (Å²) >= 11 is 0. The quantitative estimate of drug-likeness (QED) is 0.804. The summed E-state index contributed by atoms with van der Waals surface area (Å²) in [6.45, 7) is 8.45. The number of aromatic amines is 1. The summed E-state index contributed by atoms with van der Waals surface area (Å²) in [6.07, 6.45) is 0.752. The number of nitrogens with one attached hydrogen (secondary N) is 1. The fourth-order valence-corrected chi connectivity index (χ4v) is 1.46. The van der Waals surface area contributed by atoms with Crippen LogP contribution in [0.1, 0.15) is 31.4 Å². The fraction of sp³-hybridized carbons (Fsp3) is 0.667. The summed E-state index contributed by atoms with van der Waals surface area (Å²) in [7, 11) is 0. The molecule has 0 spiro atoms. The van der Waals surface area contributed by atoms with Gasteiger partial charge in [0.05, 0.1) is 0 Å². The summed E-state index contributed by atoms with van der Waals surface area (Å²) < 4.78 is 1.38. The van der Waals surface area contributed by atoms with Crippen LogP contribution in [0.2, 0.25) is 0 Å². The minimum atomic E-state index is -0.201. The molecule has 1 aromatic rings. The van der Waals surface area contributed by atoms with Crippen LogP contribution >= 0.6 is 0 Å². The van der Waals surface area contributed by atoms with Crippen molar-refractivity contribution >= 4 is 0 Å². The molecule has 5 nitrogen and oxygen atoms in total. The van der Waals surface area contributed by atoms with Crippen molar-refractivity contribution < 1.29 is 0 Å². The van der Waals surface area contributed by atoms with E-state index < -0.39 is 0 Å². The number of nitrogens with two attached hydrogens (primary N) is 1. The summed E-state index contributed by atoms with van der Waals surface area (Å²) in [4.78, 5) is 23.5. The van der Waals surface area contributed by atoms with E-state index in [0.29, 0.717) is 24.2 Å². The highest BCUT2D eigenvalue weighted by Gasteiger charge is 2.16. The lowest BCUT2D eigenvalue weighted by Crippen LogP contribution is -2.35. The van der Waals surface area contributed by atoms with Crippen LogP contribution in [0.5, 0.6) is 0 Å². The van der Waals surface area contributed by atoms with Crippen molar-refractivity contribution in [2.75, 3.05) is 6.54 Å². The third kappa shape index (κ3) is 3.06. The molecular weight excluding hydrogens is 218 g/mol. The van der Waals surface area contributed by atoms with Crippen molar-refractivity contribution in [3.63, 3.8) is 0 Å². The highest BCUT2D eigenvalue weighted by Crippen LogP contribution is 2.18. The standard InChI is InChI=1S/C12H21N3O2/c1-8-9(2)11(17)15(14-10(8)16)6-5-12(3,4)7-13/h5-7,13H2,1-4H3,(H,14,16). The molecular formula is C12H21N3O2. The molecule has 0 saturated heterocycles. The first-order chi connectivity index (χ1) is 7.78. The lowest BCUT2D eigenvalue weighted by atomic mass is 9.90. The number of aryl methyl sites for hydroxylation is 1. The fourth-order valence-electron chi connectivity index (χ4n) is 1.46. The van der Waals surface area contributed by atoms with Crippen molar-refractivity contribution in [2.45, 2.75) is 40.7 Å². The minimum Gasteiger partial charge on any atom is -0.330 e. The van der Waals surface area contributed by atoms with Crippen LogP contribution < -0.4 is 16.9 Å². The van der Waals surface area contributed by atoms with Crippen LogP contribution in [0.3, 0.4) is 0 Å². The van der Waals surface area contributed by atoms with Gasteiger partial charge in [-0.1, -0.05) is 13.8 Å². The summed E-state index contributed by atoms with van der Waals surface area (Å²) in [6, 6.07) is 0. The molecule has 0 bridgehead atoms. The van der Waals surface area contributed by atoms with Crippen molar-refractivity contribution in [3.05, 3.63) is 31.8 Å². The predicted octanol–water partition coefficient (Wildman–Crippen LogP) is 0.528. The molecule has 5 heteroatoms. The van der Waals surface area contributed by atoms with Gasteiger partial charge in [-0.3, -0.25) is 14.7 Å². The second-order valence-corrected chi connectivity index (χ2v) is 5.27. The van der Waals surface area contributed by atoms with E-state index in [4.69, 9.17) is 5.73 Å². The van der Waals surface area contributed by atoms with Crippen LogP contribution in [-0.4, -0.2) is 16.3 Å². The second kappa shape index (κ2) is 4.87. The van der Waals surface area contributed by atoms with Gasteiger partial charge >= 0.3 is 0 Å². The Morgan fingerprint density at radius 2 is 1.82 bits per heavy atom. The first-order valence-corrected chi connectivity index (χ1v) is 5.79. The largest absolute Gasteiger partial charge is 0.330 e. The van der Waals surface area contributed by atoms with E-state index in [1.54, 1.807) is 13.8 Å². The van der Waals surface area contributed by atoms with Gasteiger partial charge in [0.15, 0.2) is 0 Å². The Hall–Kier alpha value is -1.36. The van der Waals surface area contributed by atoms with E-state index in [0.717, 1.165) is 6.42 Å². The molecule has 1 heterocycles. The summed E-state index contributed by atoms with van der Waals surface area (Å²) in [5.41, 5.74) is 6.27. The third-order valence-corrected chi connectivity index (χ3v) is 3.27. The van der Waals surface area contributed by atoms with Gasteiger partial charge in [-0.25, -0.2) is 4.68 Å². The number of aromatic nitrogens is 2. The Balaban J connectivity index is 3.02. The predicted molar refractivity (Wildman–Crippen MR) is 68.2 cm³/mol. The molecule has 96 valence electrons. The third-order valence-electron chi connectivity index (χ3n) is 3.27. The highest BCUT2D eigenvalue weighted by molar-refractivity contribution is 5.17. The van der Waals surface area contributed by atoms with Crippen molar-refractivity contribution in [2.24, 2.45) is 11.1 Å². The Morgan fingerprint density at radius 3 is 2.35 bits per heavy atom. The van der Waals surface area contributed by atoms with Crippen LogP contribution in [0.4, 0.5) is 0 Å². The smallest absolute Gasteiger partial charge is 0.268 e. The average Bonchev–Trinajstić information content (AvgIpc) is 2.29. The van der Waals surface area contributed by atoms with E-state index in [1.165, 1.54) is 4.68 Å². The molecule has 0 aromatic carbocycles. The van der Waals surface area contributed by atoms with E-state index >= 15 is 0 Å². The molecule has 0 unspecified atom stereocenters. The van der Waals surface area contributed by atoms with Gasteiger partial charge in [0.1, 0.15) is 0 Å². The minimum absolute atomic E-state index is 0.0326. The molecule has 0 fully saturated rings. The molecule has 0 aliphatic carbocycles. The lowest BCUT2D eigenvalue weighted by molar-refractivity contribution is 0.312. The van der Waals surface area contributed by atoms with Gasteiger partial charge in [0.2, 0.25) is 0 Å². The zero-order valence-corrected chi connectivity index (χ0v) is 11.0.